The highest BCUT2D eigenvalue weighted by atomic mass is 32.1. The first kappa shape index (κ1) is 15.9. The lowest BCUT2D eigenvalue weighted by Gasteiger charge is -2.36. The molecule has 0 bridgehead atoms. The van der Waals surface area contributed by atoms with Crippen molar-refractivity contribution in [2.45, 2.75) is 51.9 Å². The smallest absolute Gasteiger partial charge is 0.202 e. The lowest BCUT2D eigenvalue weighted by atomic mass is 10.2. The molecule has 0 fully saturated rings. The molecule has 0 spiro atoms. The molecule has 0 aromatic carbocycles. The first-order chi connectivity index (χ1) is 8.15. The summed E-state index contributed by atoms with van der Waals surface area (Å²) in [7, 11) is -1.65. The highest BCUT2D eigenvalue weighted by Gasteiger charge is 2.36. The second-order valence-corrected chi connectivity index (χ2v) is 12.3. The van der Waals surface area contributed by atoms with Crippen molar-refractivity contribution in [3.8, 4) is 5.88 Å². The Morgan fingerprint density at radius 1 is 1.44 bits per heavy atom. The fourth-order valence-electron chi connectivity index (χ4n) is 1.30. The van der Waals surface area contributed by atoms with Crippen LogP contribution in [0.5, 0.6) is 5.88 Å². The molecular formula is C12H23NO2S2Si. The highest BCUT2D eigenvalue weighted by Crippen LogP contribution is 2.36. The van der Waals surface area contributed by atoms with Crippen LogP contribution in [0, 0.1) is 3.95 Å². The summed E-state index contributed by atoms with van der Waals surface area (Å²) in [5.41, 5.74) is 0. The van der Waals surface area contributed by atoms with Crippen molar-refractivity contribution in [3.63, 3.8) is 0 Å². The van der Waals surface area contributed by atoms with Gasteiger partial charge in [-0.15, -0.1) is 11.3 Å². The molecule has 0 aliphatic rings. The predicted molar refractivity (Wildman–Crippen MR) is 82.6 cm³/mol. The first-order valence-corrected chi connectivity index (χ1v) is 10.4. The van der Waals surface area contributed by atoms with Crippen LogP contribution in [0.4, 0.5) is 0 Å². The third kappa shape index (κ3) is 3.91. The molecule has 0 atom stereocenters. The summed E-state index contributed by atoms with van der Waals surface area (Å²) in [4.78, 5) is 0. The lowest BCUT2D eigenvalue weighted by molar-refractivity contribution is 0.271. The molecule has 0 amide bonds. The molecular weight excluding hydrogens is 282 g/mol. The number of aromatic hydroxyl groups is 1. The van der Waals surface area contributed by atoms with Crippen molar-refractivity contribution in [2.24, 2.45) is 0 Å². The van der Waals surface area contributed by atoms with E-state index in [-0.39, 0.29) is 10.9 Å². The van der Waals surface area contributed by atoms with Gasteiger partial charge in [-0.1, -0.05) is 20.8 Å². The Labute approximate surface area is 120 Å². The number of nitrogens with zero attached hydrogens (tertiary/aromatic N) is 1. The zero-order chi connectivity index (χ0) is 14.0. The number of thiazole rings is 1. The molecule has 0 aliphatic carbocycles. The van der Waals surface area contributed by atoms with Crippen LogP contribution < -0.4 is 0 Å². The van der Waals surface area contributed by atoms with Gasteiger partial charge in [0.25, 0.3) is 0 Å². The predicted octanol–water partition coefficient (Wildman–Crippen LogP) is 4.40. The van der Waals surface area contributed by atoms with Crippen LogP contribution in [0.25, 0.3) is 0 Å². The standard InChI is InChI=1S/C12H23NO2S2Si/c1-12(2,3)18(4,5)15-8-6-7-13-10(14)9-17-11(13)16/h9,14H,6-8H2,1-5H3. The maximum atomic E-state index is 9.59. The van der Waals surface area contributed by atoms with E-state index in [1.807, 2.05) is 0 Å². The van der Waals surface area contributed by atoms with Crippen molar-refractivity contribution in [1.82, 2.24) is 4.57 Å². The van der Waals surface area contributed by atoms with E-state index in [1.54, 1.807) is 9.95 Å². The van der Waals surface area contributed by atoms with Crippen LogP contribution in [0.2, 0.25) is 18.1 Å². The van der Waals surface area contributed by atoms with Gasteiger partial charge in [0.15, 0.2) is 12.3 Å². The van der Waals surface area contributed by atoms with Crippen molar-refractivity contribution in [1.29, 1.82) is 0 Å². The van der Waals surface area contributed by atoms with E-state index in [1.165, 1.54) is 11.3 Å². The van der Waals surface area contributed by atoms with Crippen LogP contribution in [-0.4, -0.2) is 24.6 Å². The largest absolute Gasteiger partial charge is 0.494 e. The molecule has 6 heteroatoms. The van der Waals surface area contributed by atoms with Gasteiger partial charge in [-0.05, 0) is 36.8 Å². The molecule has 0 unspecified atom stereocenters. The Kier molecular flexibility index (Phi) is 5.17. The average molecular weight is 306 g/mol. The molecule has 1 heterocycles. The van der Waals surface area contributed by atoms with Gasteiger partial charge < -0.3 is 9.53 Å². The number of rotatable bonds is 5. The minimum atomic E-state index is -1.65. The fourth-order valence-corrected chi connectivity index (χ4v) is 3.36. The molecule has 1 rings (SSSR count). The van der Waals surface area contributed by atoms with Gasteiger partial charge in [-0.2, -0.15) is 0 Å². The van der Waals surface area contributed by atoms with Crippen molar-refractivity contribution in [3.05, 3.63) is 9.33 Å². The van der Waals surface area contributed by atoms with E-state index in [0.717, 1.165) is 23.5 Å². The summed E-state index contributed by atoms with van der Waals surface area (Å²) in [5.74, 6) is 0.261. The third-order valence-corrected chi connectivity index (χ3v) is 9.36. The van der Waals surface area contributed by atoms with Crippen LogP contribution in [0.3, 0.4) is 0 Å². The second-order valence-electron chi connectivity index (χ2n) is 5.97. The van der Waals surface area contributed by atoms with E-state index < -0.39 is 8.32 Å². The molecule has 0 saturated heterocycles. The third-order valence-electron chi connectivity index (χ3n) is 3.56. The van der Waals surface area contributed by atoms with Crippen molar-refractivity contribution in [2.75, 3.05) is 6.61 Å². The lowest BCUT2D eigenvalue weighted by Crippen LogP contribution is -2.41. The minimum absolute atomic E-state index is 0.244. The van der Waals surface area contributed by atoms with E-state index >= 15 is 0 Å². The summed E-state index contributed by atoms with van der Waals surface area (Å²) in [6.45, 7) is 12.7. The summed E-state index contributed by atoms with van der Waals surface area (Å²) in [5, 5.41) is 11.5. The second kappa shape index (κ2) is 5.86. The molecule has 3 nitrogen and oxygen atoms in total. The quantitative estimate of drug-likeness (QED) is 0.497. The molecule has 0 aliphatic heterocycles. The van der Waals surface area contributed by atoms with Crippen molar-refractivity contribution >= 4 is 31.9 Å². The maximum Gasteiger partial charge on any atom is 0.202 e. The van der Waals surface area contributed by atoms with Crippen LogP contribution >= 0.6 is 23.6 Å². The van der Waals surface area contributed by atoms with Gasteiger partial charge in [-0.3, -0.25) is 4.57 Å². The number of hydrogen-bond acceptors (Lipinski definition) is 4. The summed E-state index contributed by atoms with van der Waals surface area (Å²) >= 11 is 6.54. The first-order valence-electron chi connectivity index (χ1n) is 6.16. The number of aromatic nitrogens is 1. The zero-order valence-corrected chi connectivity index (χ0v) is 14.5. The Morgan fingerprint density at radius 2 is 2.06 bits per heavy atom. The molecule has 1 aromatic rings. The van der Waals surface area contributed by atoms with Gasteiger partial charge in [0, 0.05) is 13.2 Å². The molecule has 18 heavy (non-hydrogen) atoms. The van der Waals surface area contributed by atoms with E-state index in [9.17, 15) is 5.11 Å². The average Bonchev–Trinajstić information content (AvgIpc) is 2.53. The van der Waals surface area contributed by atoms with E-state index in [2.05, 4.69) is 33.9 Å². The monoisotopic (exact) mass is 305 g/mol. The molecule has 0 saturated carbocycles. The topological polar surface area (TPSA) is 34.4 Å². The Hall–Kier alpha value is -0.173. The Morgan fingerprint density at radius 3 is 2.50 bits per heavy atom. The Balaban J connectivity index is 2.43. The zero-order valence-electron chi connectivity index (χ0n) is 11.8. The fraction of sp³-hybridized carbons (Fsp3) is 0.750. The van der Waals surface area contributed by atoms with Gasteiger partial charge in [0.1, 0.15) is 0 Å². The Bertz CT molecular complexity index is 446. The van der Waals surface area contributed by atoms with Crippen LogP contribution in [-0.2, 0) is 11.0 Å². The normalized spacial score (nSPS) is 12.9. The molecule has 1 aromatic heterocycles. The summed E-state index contributed by atoms with van der Waals surface area (Å²) in [6, 6.07) is 0. The molecule has 104 valence electrons. The number of hydrogen-bond donors (Lipinski definition) is 1. The SMILES string of the molecule is CC(C)(C)[Si](C)(C)OCCCn1c(O)csc1=S. The van der Waals surface area contributed by atoms with Gasteiger partial charge in [-0.25, -0.2) is 0 Å². The summed E-state index contributed by atoms with van der Waals surface area (Å²) in [6.07, 6.45) is 0.880. The van der Waals surface area contributed by atoms with Crippen LogP contribution in [0.1, 0.15) is 27.2 Å². The highest BCUT2D eigenvalue weighted by molar-refractivity contribution is 7.73. The van der Waals surface area contributed by atoms with Crippen LogP contribution in [0.15, 0.2) is 5.38 Å². The van der Waals surface area contributed by atoms with E-state index in [0.29, 0.717) is 0 Å². The maximum absolute atomic E-state index is 9.59. The van der Waals surface area contributed by atoms with Crippen molar-refractivity contribution < 1.29 is 9.53 Å². The minimum Gasteiger partial charge on any atom is -0.494 e. The molecule has 1 N–H and O–H groups in total. The van der Waals surface area contributed by atoms with Gasteiger partial charge >= 0.3 is 0 Å². The van der Waals surface area contributed by atoms with Gasteiger partial charge in [0.05, 0.1) is 5.38 Å². The summed E-state index contributed by atoms with van der Waals surface area (Å²) < 4.78 is 8.57. The molecule has 0 radical (unpaired) electrons. The van der Waals surface area contributed by atoms with E-state index in [4.69, 9.17) is 16.6 Å². The van der Waals surface area contributed by atoms with Gasteiger partial charge in [0.2, 0.25) is 5.88 Å².